The minimum absolute atomic E-state index is 0.0530. The van der Waals surface area contributed by atoms with E-state index in [0.29, 0.717) is 16.9 Å². The molecule has 2 atom stereocenters. The van der Waals surface area contributed by atoms with Gasteiger partial charge < -0.3 is 10.6 Å². The molecule has 7 heteroatoms. The van der Waals surface area contributed by atoms with E-state index in [4.69, 9.17) is 0 Å². The van der Waals surface area contributed by atoms with Crippen molar-refractivity contribution in [2.45, 2.75) is 60.4 Å². The molecule has 0 saturated heterocycles. The van der Waals surface area contributed by atoms with E-state index in [1.165, 1.54) is 12.1 Å². The topological polar surface area (TPSA) is 75.5 Å². The zero-order valence-corrected chi connectivity index (χ0v) is 26.8. The number of imidazole rings is 1. The van der Waals surface area contributed by atoms with Gasteiger partial charge in [-0.3, -0.25) is 14.0 Å². The Kier molecular flexibility index (Phi) is 16.0. The highest BCUT2D eigenvalue weighted by Crippen LogP contribution is 2.32. The van der Waals surface area contributed by atoms with Gasteiger partial charge in [0.05, 0.1) is 6.20 Å². The van der Waals surface area contributed by atoms with E-state index in [1.54, 1.807) is 35.9 Å². The van der Waals surface area contributed by atoms with E-state index >= 15 is 0 Å². The number of nitrogens with one attached hydrogen (secondary N) is 2. The summed E-state index contributed by atoms with van der Waals surface area (Å²) in [4.78, 5) is 28.7. The molecule has 1 aliphatic carbocycles. The van der Waals surface area contributed by atoms with Gasteiger partial charge in [-0.15, -0.1) is 0 Å². The molecule has 0 spiro atoms. The number of carbonyl (C=O) groups excluding carboxylic acids is 2. The minimum atomic E-state index is -0.182. The predicted octanol–water partition coefficient (Wildman–Crippen LogP) is 7.90. The Bertz CT molecular complexity index is 1420. The van der Waals surface area contributed by atoms with Crippen LogP contribution in [0.2, 0.25) is 0 Å². The summed E-state index contributed by atoms with van der Waals surface area (Å²) < 4.78 is 13.9. The van der Waals surface area contributed by atoms with Crippen LogP contribution in [-0.4, -0.2) is 34.3 Å². The zero-order chi connectivity index (χ0) is 32.5. The number of hydrogen-bond donors (Lipinski definition) is 2. The van der Waals surface area contributed by atoms with Crippen LogP contribution in [0.15, 0.2) is 110 Å². The first-order valence-corrected chi connectivity index (χ1v) is 14.5. The summed E-state index contributed by atoms with van der Waals surface area (Å²) in [6.07, 6.45) is 14.9. The number of carbonyl (C=O) groups is 2. The van der Waals surface area contributed by atoms with Gasteiger partial charge in [0, 0.05) is 30.8 Å². The number of halogens is 1. The summed E-state index contributed by atoms with van der Waals surface area (Å²) in [6, 6.07) is 10.4. The molecule has 0 aliphatic heterocycles. The molecular weight excluding hydrogens is 539 g/mol. The molecule has 2 amide bonds. The van der Waals surface area contributed by atoms with E-state index in [-0.39, 0.29) is 35.5 Å². The van der Waals surface area contributed by atoms with Crippen molar-refractivity contribution in [3.8, 4) is 0 Å². The van der Waals surface area contributed by atoms with Crippen molar-refractivity contribution in [2.75, 3.05) is 7.05 Å². The number of rotatable bonds is 6. The lowest BCUT2D eigenvalue weighted by Crippen LogP contribution is -2.31. The average molecular weight is 587 g/mol. The number of aromatic nitrogens is 2. The van der Waals surface area contributed by atoms with Gasteiger partial charge in [0.15, 0.2) is 0 Å². The first kappa shape index (κ1) is 36.5. The summed E-state index contributed by atoms with van der Waals surface area (Å²) in [5.74, 6) is -0.121. The number of fused-ring (bicyclic) bond motifs is 1. The van der Waals surface area contributed by atoms with Crippen molar-refractivity contribution in [3.63, 3.8) is 0 Å². The first-order valence-electron chi connectivity index (χ1n) is 14.5. The van der Waals surface area contributed by atoms with Gasteiger partial charge in [0.25, 0.3) is 11.8 Å². The number of aryl methyl sites for hydroxylation is 1. The molecule has 0 bridgehead atoms. The summed E-state index contributed by atoms with van der Waals surface area (Å²) in [5.41, 5.74) is 5.05. The number of benzene rings is 1. The third-order valence-electron chi connectivity index (χ3n) is 6.09. The molecule has 4 rings (SSSR count). The highest BCUT2D eigenvalue weighted by atomic mass is 19.1. The lowest BCUT2D eigenvalue weighted by Gasteiger charge is -2.24. The molecule has 2 aromatic heterocycles. The van der Waals surface area contributed by atoms with E-state index in [0.717, 1.165) is 16.7 Å². The molecule has 2 heterocycles. The molecule has 1 aliphatic rings. The lowest BCUT2D eigenvalue weighted by molar-refractivity contribution is -0.117. The van der Waals surface area contributed by atoms with E-state index in [1.807, 2.05) is 84.2 Å². The molecule has 0 radical (unpaired) electrons. The van der Waals surface area contributed by atoms with Crippen molar-refractivity contribution in [3.05, 3.63) is 132 Å². The van der Waals surface area contributed by atoms with E-state index in [2.05, 4.69) is 41.8 Å². The Morgan fingerprint density at radius 1 is 1.09 bits per heavy atom. The maximum atomic E-state index is 12.3. The van der Waals surface area contributed by atoms with Crippen molar-refractivity contribution < 1.29 is 14.0 Å². The van der Waals surface area contributed by atoms with Crippen molar-refractivity contribution in [2.24, 2.45) is 5.92 Å². The number of hydrogen-bond acceptors (Lipinski definition) is 3. The summed E-state index contributed by atoms with van der Waals surface area (Å²) in [6.45, 7) is 21.0. The second-order valence-electron chi connectivity index (χ2n) is 10.1. The van der Waals surface area contributed by atoms with E-state index < -0.39 is 0 Å². The smallest absolute Gasteiger partial charge is 0.269 e. The maximum Gasteiger partial charge on any atom is 0.269 e. The van der Waals surface area contributed by atoms with Crippen LogP contribution in [0.3, 0.4) is 0 Å². The van der Waals surface area contributed by atoms with Crippen LogP contribution in [-0.2, 0) is 4.79 Å². The normalized spacial score (nSPS) is 15.2. The fourth-order valence-corrected chi connectivity index (χ4v) is 3.93. The Balaban J connectivity index is 0.000000444. The van der Waals surface area contributed by atoms with Crippen LogP contribution in [0.25, 0.3) is 5.65 Å². The number of pyridine rings is 1. The Morgan fingerprint density at radius 3 is 2.26 bits per heavy atom. The summed E-state index contributed by atoms with van der Waals surface area (Å²) in [5, 5.41) is 5.56. The SMILES string of the molecule is C=C/C=C\C(=C)C.CC.CNC(=O)c1cnc2ccc(C3C=C(C(=O)NC(C)C)C=CC3C)cn12.Cc1ccc(F)cc1. The second kappa shape index (κ2) is 18.8. The quantitative estimate of drug-likeness (QED) is 0.288. The number of amides is 2. The third kappa shape index (κ3) is 12.1. The number of nitrogens with zero attached hydrogens (tertiary/aromatic N) is 2. The molecule has 1 aromatic carbocycles. The molecule has 43 heavy (non-hydrogen) atoms. The van der Waals surface area contributed by atoms with Crippen LogP contribution < -0.4 is 10.6 Å². The van der Waals surface area contributed by atoms with Gasteiger partial charge >= 0.3 is 0 Å². The van der Waals surface area contributed by atoms with Crippen LogP contribution in [0, 0.1) is 18.7 Å². The molecule has 2 N–H and O–H groups in total. The van der Waals surface area contributed by atoms with Gasteiger partial charge in [0.1, 0.15) is 17.2 Å². The van der Waals surface area contributed by atoms with Crippen LogP contribution in [0.5, 0.6) is 0 Å². The van der Waals surface area contributed by atoms with Gasteiger partial charge in [-0.25, -0.2) is 9.37 Å². The van der Waals surface area contributed by atoms with Crippen LogP contribution in [0.1, 0.15) is 69.1 Å². The molecule has 6 nitrogen and oxygen atoms in total. The Hall–Kier alpha value is -4.52. The molecule has 0 fully saturated rings. The average Bonchev–Trinajstić information content (AvgIpc) is 3.42. The van der Waals surface area contributed by atoms with Crippen molar-refractivity contribution in [1.29, 1.82) is 0 Å². The highest BCUT2D eigenvalue weighted by Gasteiger charge is 2.23. The summed E-state index contributed by atoms with van der Waals surface area (Å²) >= 11 is 0. The van der Waals surface area contributed by atoms with Gasteiger partial charge in [-0.05, 0) is 57.4 Å². The van der Waals surface area contributed by atoms with Crippen molar-refractivity contribution in [1.82, 2.24) is 20.0 Å². The minimum Gasteiger partial charge on any atom is -0.354 e. The zero-order valence-electron chi connectivity index (χ0n) is 26.8. The molecule has 2 unspecified atom stereocenters. The third-order valence-corrected chi connectivity index (χ3v) is 6.09. The van der Waals surface area contributed by atoms with Crippen LogP contribution in [0.4, 0.5) is 4.39 Å². The Labute approximate surface area is 256 Å². The largest absolute Gasteiger partial charge is 0.354 e. The van der Waals surface area contributed by atoms with Gasteiger partial charge in [-0.2, -0.15) is 0 Å². The molecule has 230 valence electrons. The van der Waals surface area contributed by atoms with Gasteiger partial charge in [0.2, 0.25) is 0 Å². The number of allylic oxidation sites excluding steroid dienone is 6. The molecule has 3 aromatic rings. The monoisotopic (exact) mass is 586 g/mol. The van der Waals surface area contributed by atoms with Crippen LogP contribution >= 0.6 is 0 Å². The molecule has 0 saturated carbocycles. The van der Waals surface area contributed by atoms with Gasteiger partial charge in [-0.1, -0.05) is 99.7 Å². The second-order valence-corrected chi connectivity index (χ2v) is 10.1. The standard InChI is InChI=1S/C20H24N4O2.C7H7F.C7H10.C2H6/c1-12(2)23-19(25)14-6-5-13(3)16(9-14)15-7-8-18-22-10-17(20(26)21-4)24(18)11-15;1-6-2-4-7(8)5-3-6;1-4-5-6-7(2)3;1-2/h5-13,16H,1-4H3,(H,21,26)(H,23,25);2-5H,1H3;4-6H,1-2H2,3H3;1-2H3/b;;6-5-;. The predicted molar refractivity (Wildman–Crippen MR) is 178 cm³/mol. The van der Waals surface area contributed by atoms with Crippen molar-refractivity contribution >= 4 is 17.5 Å². The fourth-order valence-electron chi connectivity index (χ4n) is 3.93. The van der Waals surface area contributed by atoms with E-state index in [9.17, 15) is 14.0 Å². The lowest BCUT2D eigenvalue weighted by atomic mass is 9.82. The maximum absolute atomic E-state index is 12.3. The highest BCUT2D eigenvalue weighted by molar-refractivity contribution is 5.96. The first-order chi connectivity index (χ1) is 20.5. The Morgan fingerprint density at radius 2 is 1.74 bits per heavy atom. The fraction of sp³-hybridized carbons (Fsp3) is 0.306. The summed E-state index contributed by atoms with van der Waals surface area (Å²) in [7, 11) is 1.60. The molecular formula is C36H47FN4O2.